The number of carboxylic acid groups (broad SMARTS) is 1. The zero-order valence-electron chi connectivity index (χ0n) is 13.0. The third kappa shape index (κ3) is 3.90. The molecule has 0 unspecified atom stereocenters. The van der Waals surface area contributed by atoms with Gasteiger partial charge in [0.05, 0.1) is 5.56 Å². The molecule has 0 aromatic heterocycles. The summed E-state index contributed by atoms with van der Waals surface area (Å²) in [5, 5.41) is 18.7. The number of aromatic carboxylic acids is 1. The maximum absolute atomic E-state index is 11.0. The number of carbonyl (C=O) groups is 1. The van der Waals surface area contributed by atoms with E-state index in [1.807, 2.05) is 18.2 Å². The molecule has 0 atom stereocenters. The molecule has 4 heteroatoms. The molecule has 2 aromatic rings. The lowest BCUT2D eigenvalue weighted by molar-refractivity contribution is 0.0696. The molecule has 120 valence electrons. The van der Waals surface area contributed by atoms with Crippen LogP contribution in [-0.2, 0) is 6.54 Å². The van der Waals surface area contributed by atoms with Crippen molar-refractivity contribution in [3.8, 4) is 5.75 Å². The summed E-state index contributed by atoms with van der Waals surface area (Å²) in [6.07, 6.45) is 2.12. The number of hydrogen-bond acceptors (Lipinski definition) is 3. The number of rotatable bonds is 4. The molecule has 0 bridgehead atoms. The molecule has 0 amide bonds. The van der Waals surface area contributed by atoms with Gasteiger partial charge >= 0.3 is 5.97 Å². The Balaban J connectivity index is 1.59. The number of nitrogens with zero attached hydrogens (tertiary/aromatic N) is 1. The first-order chi connectivity index (χ1) is 11.1. The zero-order valence-corrected chi connectivity index (χ0v) is 13.0. The Labute approximate surface area is 136 Å². The van der Waals surface area contributed by atoms with E-state index in [1.165, 1.54) is 5.56 Å². The first-order valence-electron chi connectivity index (χ1n) is 7.95. The van der Waals surface area contributed by atoms with E-state index in [-0.39, 0.29) is 0 Å². The molecule has 0 radical (unpaired) electrons. The topological polar surface area (TPSA) is 60.8 Å². The number of piperidine rings is 1. The van der Waals surface area contributed by atoms with E-state index in [9.17, 15) is 9.90 Å². The van der Waals surface area contributed by atoms with E-state index in [2.05, 4.69) is 11.0 Å². The minimum atomic E-state index is -0.880. The molecule has 3 rings (SSSR count). The Morgan fingerprint density at radius 3 is 2.52 bits per heavy atom. The molecule has 1 aliphatic heterocycles. The number of benzene rings is 2. The predicted molar refractivity (Wildman–Crippen MR) is 88.8 cm³/mol. The lowest BCUT2D eigenvalue weighted by Crippen LogP contribution is -2.32. The van der Waals surface area contributed by atoms with E-state index in [0.29, 0.717) is 17.2 Å². The summed E-state index contributed by atoms with van der Waals surface area (Å²) in [5.74, 6) is -0.0615. The van der Waals surface area contributed by atoms with Crippen molar-refractivity contribution in [3.05, 3.63) is 65.2 Å². The van der Waals surface area contributed by atoms with Gasteiger partial charge in [0.15, 0.2) is 0 Å². The van der Waals surface area contributed by atoms with Crippen LogP contribution in [0.3, 0.4) is 0 Å². The number of aromatic hydroxyl groups is 1. The average Bonchev–Trinajstić information content (AvgIpc) is 2.56. The number of hydrogen-bond donors (Lipinski definition) is 2. The fraction of sp³-hybridized carbons (Fsp3) is 0.316. The minimum absolute atomic E-state index is 0.329. The van der Waals surface area contributed by atoms with Crippen molar-refractivity contribution in [1.29, 1.82) is 0 Å². The van der Waals surface area contributed by atoms with E-state index in [4.69, 9.17) is 5.11 Å². The van der Waals surface area contributed by atoms with Crippen LogP contribution < -0.4 is 0 Å². The van der Waals surface area contributed by atoms with Crippen molar-refractivity contribution in [2.24, 2.45) is 0 Å². The van der Waals surface area contributed by atoms with Gasteiger partial charge in [0.1, 0.15) is 5.75 Å². The predicted octanol–water partition coefficient (Wildman–Crippen LogP) is 3.47. The van der Waals surface area contributed by atoms with Gasteiger partial charge in [-0.1, -0.05) is 24.3 Å². The van der Waals surface area contributed by atoms with Gasteiger partial charge in [0.25, 0.3) is 0 Å². The highest BCUT2D eigenvalue weighted by Crippen LogP contribution is 2.30. The van der Waals surface area contributed by atoms with Gasteiger partial charge < -0.3 is 10.2 Å². The van der Waals surface area contributed by atoms with Crippen molar-refractivity contribution in [2.45, 2.75) is 25.3 Å². The molecule has 1 fully saturated rings. The second-order valence-electron chi connectivity index (χ2n) is 6.15. The Morgan fingerprint density at radius 2 is 1.83 bits per heavy atom. The van der Waals surface area contributed by atoms with Crippen LogP contribution in [-0.4, -0.2) is 34.2 Å². The van der Waals surface area contributed by atoms with Crippen LogP contribution in [0.25, 0.3) is 0 Å². The highest BCUT2D eigenvalue weighted by atomic mass is 16.4. The van der Waals surface area contributed by atoms with Gasteiger partial charge in [-0.25, -0.2) is 4.79 Å². The van der Waals surface area contributed by atoms with Crippen LogP contribution in [0.1, 0.15) is 40.2 Å². The third-order valence-corrected chi connectivity index (χ3v) is 4.51. The molecule has 0 saturated carbocycles. The fourth-order valence-corrected chi connectivity index (χ4v) is 3.26. The summed E-state index contributed by atoms with van der Waals surface area (Å²) in [4.78, 5) is 13.4. The van der Waals surface area contributed by atoms with Crippen molar-refractivity contribution in [3.63, 3.8) is 0 Å². The summed E-state index contributed by atoms with van der Waals surface area (Å²) in [7, 11) is 0. The molecule has 0 spiro atoms. The Hall–Kier alpha value is -2.33. The van der Waals surface area contributed by atoms with E-state index in [0.717, 1.165) is 38.0 Å². The first-order valence-corrected chi connectivity index (χ1v) is 7.95. The first kappa shape index (κ1) is 15.6. The monoisotopic (exact) mass is 311 g/mol. The molecule has 2 aromatic carbocycles. The molecule has 1 aliphatic rings. The molecule has 1 heterocycles. The van der Waals surface area contributed by atoms with Crippen LogP contribution in [0.15, 0.2) is 48.5 Å². The lowest BCUT2D eigenvalue weighted by atomic mass is 9.89. The van der Waals surface area contributed by atoms with Crippen molar-refractivity contribution >= 4 is 5.97 Å². The Bertz CT molecular complexity index is 691. The maximum atomic E-state index is 11.0. The highest BCUT2D eigenvalue weighted by Gasteiger charge is 2.21. The van der Waals surface area contributed by atoms with Crippen LogP contribution in [0.5, 0.6) is 5.75 Å². The Kier molecular flexibility index (Phi) is 4.63. The maximum Gasteiger partial charge on any atom is 0.335 e. The smallest absolute Gasteiger partial charge is 0.335 e. The van der Waals surface area contributed by atoms with Gasteiger partial charge in [-0.05, 0) is 67.2 Å². The highest BCUT2D eigenvalue weighted by molar-refractivity contribution is 5.87. The van der Waals surface area contributed by atoms with Crippen LogP contribution >= 0.6 is 0 Å². The van der Waals surface area contributed by atoms with Crippen molar-refractivity contribution < 1.29 is 15.0 Å². The molecule has 1 saturated heterocycles. The normalized spacial score (nSPS) is 16.3. The van der Waals surface area contributed by atoms with E-state index in [1.54, 1.807) is 24.3 Å². The van der Waals surface area contributed by atoms with Crippen molar-refractivity contribution in [1.82, 2.24) is 4.90 Å². The average molecular weight is 311 g/mol. The number of carboxylic acids is 1. The number of phenolic OH excluding ortho intramolecular Hbond substituents is 1. The van der Waals surface area contributed by atoms with Gasteiger partial charge in [-0.2, -0.15) is 0 Å². The largest absolute Gasteiger partial charge is 0.508 e. The molecule has 23 heavy (non-hydrogen) atoms. The zero-order chi connectivity index (χ0) is 16.2. The SMILES string of the molecule is O=C(O)c1cccc(CN2CCC(c3cccc(O)c3)CC2)c1. The second kappa shape index (κ2) is 6.84. The van der Waals surface area contributed by atoms with E-state index < -0.39 is 5.97 Å². The molecule has 4 nitrogen and oxygen atoms in total. The van der Waals surface area contributed by atoms with Gasteiger partial charge in [-0.3, -0.25) is 4.90 Å². The molecule has 0 aliphatic carbocycles. The van der Waals surface area contributed by atoms with Gasteiger partial charge in [0, 0.05) is 6.54 Å². The van der Waals surface area contributed by atoms with Crippen molar-refractivity contribution in [2.75, 3.05) is 13.1 Å². The summed E-state index contributed by atoms with van der Waals surface area (Å²) in [6, 6.07) is 14.7. The summed E-state index contributed by atoms with van der Waals surface area (Å²) in [5.41, 5.74) is 2.59. The fourth-order valence-electron chi connectivity index (χ4n) is 3.26. The van der Waals surface area contributed by atoms with E-state index >= 15 is 0 Å². The standard InChI is InChI=1S/C19H21NO3/c21-18-6-2-4-16(12-18)15-7-9-20(10-8-15)13-14-3-1-5-17(11-14)19(22)23/h1-6,11-12,15,21H,7-10,13H2,(H,22,23). The molecular weight excluding hydrogens is 290 g/mol. The minimum Gasteiger partial charge on any atom is -0.508 e. The third-order valence-electron chi connectivity index (χ3n) is 4.51. The van der Waals surface area contributed by atoms with Crippen LogP contribution in [0.4, 0.5) is 0 Å². The summed E-state index contributed by atoms with van der Waals surface area (Å²) in [6.45, 7) is 2.75. The quantitative estimate of drug-likeness (QED) is 0.907. The van der Waals surface area contributed by atoms with Crippen LogP contribution in [0, 0.1) is 0 Å². The van der Waals surface area contributed by atoms with Gasteiger partial charge in [0.2, 0.25) is 0 Å². The second-order valence-corrected chi connectivity index (χ2v) is 6.15. The lowest BCUT2D eigenvalue weighted by Gasteiger charge is -2.32. The summed E-state index contributed by atoms with van der Waals surface area (Å²) >= 11 is 0. The molecule has 2 N–H and O–H groups in total. The number of phenols is 1. The summed E-state index contributed by atoms with van der Waals surface area (Å²) < 4.78 is 0. The van der Waals surface area contributed by atoms with Crippen LogP contribution in [0.2, 0.25) is 0 Å². The van der Waals surface area contributed by atoms with Gasteiger partial charge in [-0.15, -0.1) is 0 Å². The number of likely N-dealkylation sites (tertiary alicyclic amines) is 1. The Morgan fingerprint density at radius 1 is 1.09 bits per heavy atom. The molecular formula is C19H21NO3.